The second-order valence-corrected chi connectivity index (χ2v) is 8.15. The summed E-state index contributed by atoms with van der Waals surface area (Å²) < 4.78 is 19.9. The summed E-state index contributed by atoms with van der Waals surface area (Å²) in [4.78, 5) is 34.2. The second kappa shape index (κ2) is 10.4. The molecule has 1 aromatic heterocycles. The molecule has 2 amide bonds. The Morgan fingerprint density at radius 1 is 0.939 bits per heavy atom. The van der Waals surface area contributed by atoms with Crippen molar-refractivity contribution in [2.24, 2.45) is 0 Å². The summed E-state index contributed by atoms with van der Waals surface area (Å²) in [7, 11) is 0. The Labute approximate surface area is 192 Å². The molecule has 0 saturated carbocycles. The van der Waals surface area contributed by atoms with E-state index < -0.39 is 0 Å². The lowest BCUT2D eigenvalue weighted by molar-refractivity contribution is -0.130. The molecule has 1 saturated heterocycles. The Hall–Kier alpha value is -3.52. The number of rotatable bonds is 7. The van der Waals surface area contributed by atoms with E-state index in [2.05, 4.69) is 4.98 Å². The molecule has 0 bridgehead atoms. The molecule has 1 aliphatic rings. The van der Waals surface area contributed by atoms with Crippen LogP contribution in [0.1, 0.15) is 34.4 Å². The SMILES string of the molecule is CC(=O)N1CCN(C(=O)c2coc(CN(Cc3ccccc3)Cc3ccccc3F)n2)CC1. The highest BCUT2D eigenvalue weighted by molar-refractivity contribution is 5.92. The van der Waals surface area contributed by atoms with Gasteiger partial charge in [0, 0.05) is 51.8 Å². The molecule has 0 spiro atoms. The van der Waals surface area contributed by atoms with Crippen molar-refractivity contribution < 1.29 is 18.4 Å². The number of carbonyl (C=O) groups excluding carboxylic acids is 2. The van der Waals surface area contributed by atoms with Crippen molar-refractivity contribution in [2.75, 3.05) is 26.2 Å². The van der Waals surface area contributed by atoms with Crippen LogP contribution in [-0.4, -0.2) is 57.7 Å². The van der Waals surface area contributed by atoms with Gasteiger partial charge in [0.15, 0.2) is 5.69 Å². The van der Waals surface area contributed by atoms with Crippen LogP contribution in [0.25, 0.3) is 0 Å². The summed E-state index contributed by atoms with van der Waals surface area (Å²) in [5, 5.41) is 0. The summed E-state index contributed by atoms with van der Waals surface area (Å²) in [5.74, 6) is -0.0624. The van der Waals surface area contributed by atoms with Crippen LogP contribution in [0.3, 0.4) is 0 Å². The van der Waals surface area contributed by atoms with Gasteiger partial charge in [0.25, 0.3) is 5.91 Å². The number of hydrogen-bond donors (Lipinski definition) is 0. The van der Waals surface area contributed by atoms with Gasteiger partial charge in [-0.1, -0.05) is 48.5 Å². The third-order valence-electron chi connectivity index (χ3n) is 5.74. The van der Waals surface area contributed by atoms with Crippen LogP contribution in [0.4, 0.5) is 4.39 Å². The van der Waals surface area contributed by atoms with Gasteiger partial charge in [-0.3, -0.25) is 14.5 Å². The van der Waals surface area contributed by atoms with Crippen LogP contribution in [0, 0.1) is 5.82 Å². The van der Waals surface area contributed by atoms with Gasteiger partial charge in [-0.25, -0.2) is 9.37 Å². The fraction of sp³-hybridized carbons (Fsp3) is 0.320. The number of oxazole rings is 1. The molecule has 7 nitrogen and oxygen atoms in total. The minimum absolute atomic E-state index is 0.0131. The average molecular weight is 451 g/mol. The smallest absolute Gasteiger partial charge is 0.275 e. The van der Waals surface area contributed by atoms with Crippen molar-refractivity contribution >= 4 is 11.8 Å². The first-order valence-corrected chi connectivity index (χ1v) is 11.0. The molecule has 1 fully saturated rings. The molecule has 0 radical (unpaired) electrons. The van der Waals surface area contributed by atoms with Gasteiger partial charge in [0.2, 0.25) is 11.8 Å². The fourth-order valence-electron chi connectivity index (χ4n) is 3.94. The summed E-state index contributed by atoms with van der Waals surface area (Å²) in [6.07, 6.45) is 1.37. The Kier molecular flexibility index (Phi) is 7.14. The van der Waals surface area contributed by atoms with Crippen molar-refractivity contribution in [2.45, 2.75) is 26.6 Å². The van der Waals surface area contributed by atoms with Crippen LogP contribution in [0.2, 0.25) is 0 Å². The van der Waals surface area contributed by atoms with E-state index in [0.717, 1.165) is 5.56 Å². The first-order chi connectivity index (χ1) is 16.0. The predicted molar refractivity (Wildman–Crippen MR) is 120 cm³/mol. The Balaban J connectivity index is 1.45. The number of carbonyl (C=O) groups is 2. The first kappa shape index (κ1) is 22.7. The molecular formula is C25H27FN4O3. The molecule has 172 valence electrons. The summed E-state index contributed by atoms with van der Waals surface area (Å²) in [6, 6.07) is 16.6. The van der Waals surface area contributed by atoms with Crippen LogP contribution in [-0.2, 0) is 24.4 Å². The molecule has 8 heteroatoms. The highest BCUT2D eigenvalue weighted by Crippen LogP contribution is 2.17. The predicted octanol–water partition coefficient (Wildman–Crippen LogP) is 3.32. The lowest BCUT2D eigenvalue weighted by atomic mass is 10.1. The monoisotopic (exact) mass is 450 g/mol. The molecule has 3 aromatic rings. The third kappa shape index (κ3) is 5.84. The maximum atomic E-state index is 14.3. The highest BCUT2D eigenvalue weighted by atomic mass is 19.1. The van der Waals surface area contributed by atoms with E-state index in [-0.39, 0.29) is 23.3 Å². The van der Waals surface area contributed by atoms with Gasteiger partial charge in [-0.2, -0.15) is 0 Å². The van der Waals surface area contributed by atoms with Crippen LogP contribution >= 0.6 is 0 Å². The van der Waals surface area contributed by atoms with E-state index in [1.54, 1.807) is 21.9 Å². The maximum absolute atomic E-state index is 14.3. The van der Waals surface area contributed by atoms with Gasteiger partial charge in [0.05, 0.1) is 6.54 Å². The van der Waals surface area contributed by atoms with Gasteiger partial charge in [0.1, 0.15) is 12.1 Å². The summed E-state index contributed by atoms with van der Waals surface area (Å²) >= 11 is 0. The first-order valence-electron chi connectivity index (χ1n) is 11.0. The molecule has 0 N–H and O–H groups in total. The number of aromatic nitrogens is 1. The van der Waals surface area contributed by atoms with E-state index in [1.165, 1.54) is 19.3 Å². The standard InChI is InChI=1S/C25H27FN4O3/c1-19(31)29-11-13-30(14-12-29)25(32)23-18-33-24(27-23)17-28(15-20-7-3-2-4-8-20)16-21-9-5-6-10-22(21)26/h2-10,18H,11-17H2,1H3. The van der Waals surface area contributed by atoms with E-state index in [0.29, 0.717) is 57.3 Å². The lowest BCUT2D eigenvalue weighted by Gasteiger charge is -2.33. The van der Waals surface area contributed by atoms with Crippen LogP contribution in [0.15, 0.2) is 65.3 Å². The van der Waals surface area contributed by atoms with Gasteiger partial charge in [-0.05, 0) is 11.6 Å². The lowest BCUT2D eigenvalue weighted by Crippen LogP contribution is -2.50. The van der Waals surface area contributed by atoms with Gasteiger partial charge < -0.3 is 14.2 Å². The Bertz CT molecular complexity index is 1090. The molecule has 2 aromatic carbocycles. The quantitative estimate of drug-likeness (QED) is 0.552. The zero-order valence-corrected chi connectivity index (χ0v) is 18.6. The van der Waals surface area contributed by atoms with Gasteiger partial charge in [-0.15, -0.1) is 0 Å². The Morgan fingerprint density at radius 2 is 1.61 bits per heavy atom. The van der Waals surface area contributed by atoms with E-state index in [1.807, 2.05) is 41.3 Å². The Morgan fingerprint density at radius 3 is 2.30 bits per heavy atom. The van der Waals surface area contributed by atoms with E-state index >= 15 is 0 Å². The molecule has 4 rings (SSSR count). The number of hydrogen-bond acceptors (Lipinski definition) is 5. The van der Waals surface area contributed by atoms with Gasteiger partial charge >= 0.3 is 0 Å². The van der Waals surface area contributed by atoms with Crippen molar-refractivity contribution in [3.8, 4) is 0 Å². The molecular weight excluding hydrogens is 423 g/mol. The summed E-state index contributed by atoms with van der Waals surface area (Å²) in [5.41, 5.74) is 1.91. The molecule has 33 heavy (non-hydrogen) atoms. The average Bonchev–Trinajstić information content (AvgIpc) is 3.29. The highest BCUT2D eigenvalue weighted by Gasteiger charge is 2.25. The number of nitrogens with zero attached hydrogens (tertiary/aromatic N) is 4. The van der Waals surface area contributed by atoms with Crippen LogP contribution < -0.4 is 0 Å². The molecule has 0 aliphatic carbocycles. The number of piperazine rings is 1. The number of benzene rings is 2. The largest absolute Gasteiger partial charge is 0.447 e. The minimum Gasteiger partial charge on any atom is -0.447 e. The van der Waals surface area contributed by atoms with Crippen molar-refractivity contribution in [1.82, 2.24) is 19.7 Å². The van der Waals surface area contributed by atoms with E-state index in [4.69, 9.17) is 4.42 Å². The molecule has 2 heterocycles. The van der Waals surface area contributed by atoms with Crippen molar-refractivity contribution in [3.05, 3.63) is 89.4 Å². The molecule has 0 unspecified atom stereocenters. The van der Waals surface area contributed by atoms with Crippen LogP contribution in [0.5, 0.6) is 0 Å². The summed E-state index contributed by atoms with van der Waals surface area (Å²) in [6.45, 7) is 4.77. The topological polar surface area (TPSA) is 69.9 Å². The normalized spacial score (nSPS) is 14.0. The minimum atomic E-state index is -0.261. The van der Waals surface area contributed by atoms with E-state index in [9.17, 15) is 14.0 Å². The zero-order valence-electron chi connectivity index (χ0n) is 18.6. The second-order valence-electron chi connectivity index (χ2n) is 8.15. The molecule has 1 aliphatic heterocycles. The maximum Gasteiger partial charge on any atom is 0.275 e. The number of halogens is 1. The zero-order chi connectivity index (χ0) is 23.2. The number of amides is 2. The van der Waals surface area contributed by atoms with Crippen molar-refractivity contribution in [1.29, 1.82) is 0 Å². The molecule has 0 atom stereocenters. The van der Waals surface area contributed by atoms with Crippen molar-refractivity contribution in [3.63, 3.8) is 0 Å². The fourth-order valence-corrected chi connectivity index (χ4v) is 3.94. The third-order valence-corrected chi connectivity index (χ3v) is 5.74.